The van der Waals surface area contributed by atoms with Crippen LogP contribution in [0.1, 0.15) is 66.4 Å². The molecule has 0 fully saturated rings. The van der Waals surface area contributed by atoms with Gasteiger partial charge in [-0.2, -0.15) is 5.10 Å². The molecular formula is C20H26N4O. The summed E-state index contributed by atoms with van der Waals surface area (Å²) in [4.78, 5) is 14.6. The lowest BCUT2D eigenvalue weighted by atomic mass is 9.84. The first-order valence-electron chi connectivity index (χ1n) is 9.18. The molecule has 1 N–H and O–H groups in total. The van der Waals surface area contributed by atoms with Gasteiger partial charge in [0, 0.05) is 25.9 Å². The van der Waals surface area contributed by atoms with E-state index in [0.29, 0.717) is 5.92 Å². The quantitative estimate of drug-likeness (QED) is 0.928. The van der Waals surface area contributed by atoms with E-state index in [-0.39, 0.29) is 18.1 Å². The third-order valence-corrected chi connectivity index (χ3v) is 5.94. The molecule has 0 bridgehead atoms. The molecule has 0 spiro atoms. The van der Waals surface area contributed by atoms with Gasteiger partial charge in [0.1, 0.15) is 0 Å². The van der Waals surface area contributed by atoms with Crippen molar-refractivity contribution in [3.05, 3.63) is 52.8 Å². The van der Waals surface area contributed by atoms with Gasteiger partial charge in [0.05, 0.1) is 18.3 Å². The number of amides is 2. The zero-order valence-corrected chi connectivity index (χ0v) is 15.2. The molecule has 2 amide bonds. The molecule has 5 heteroatoms. The Morgan fingerprint density at radius 2 is 2.28 bits per heavy atom. The van der Waals surface area contributed by atoms with Crippen LogP contribution >= 0.6 is 0 Å². The molecule has 5 nitrogen and oxygen atoms in total. The van der Waals surface area contributed by atoms with E-state index in [0.717, 1.165) is 12.0 Å². The van der Waals surface area contributed by atoms with Crippen molar-refractivity contribution in [2.24, 2.45) is 7.05 Å². The van der Waals surface area contributed by atoms with E-state index < -0.39 is 0 Å². The average molecular weight is 338 g/mol. The minimum absolute atomic E-state index is 0.00705. The third-order valence-electron chi connectivity index (χ3n) is 5.94. The van der Waals surface area contributed by atoms with Crippen molar-refractivity contribution in [2.45, 2.75) is 50.6 Å². The SMILES string of the molecule is C[C@H](c1cnn(C)c1)N(C)C(=O)N[C@@H]1C[C@@H]2CCCc3cccc1c32. The van der Waals surface area contributed by atoms with Crippen LogP contribution in [0.3, 0.4) is 0 Å². The molecule has 0 unspecified atom stereocenters. The van der Waals surface area contributed by atoms with Gasteiger partial charge < -0.3 is 10.2 Å². The lowest BCUT2D eigenvalue weighted by Crippen LogP contribution is -2.40. The van der Waals surface area contributed by atoms with Gasteiger partial charge in [-0.1, -0.05) is 18.2 Å². The molecule has 2 aliphatic rings. The van der Waals surface area contributed by atoms with Crippen LogP contribution in [0.2, 0.25) is 0 Å². The number of nitrogens with one attached hydrogen (secondary N) is 1. The topological polar surface area (TPSA) is 50.2 Å². The number of carbonyl (C=O) groups excluding carboxylic acids is 1. The normalized spacial score (nSPS) is 22.4. The van der Waals surface area contributed by atoms with Gasteiger partial charge in [-0.15, -0.1) is 0 Å². The van der Waals surface area contributed by atoms with Crippen LogP contribution in [0.4, 0.5) is 4.79 Å². The van der Waals surface area contributed by atoms with E-state index in [9.17, 15) is 4.79 Å². The predicted molar refractivity (Wildman–Crippen MR) is 97.4 cm³/mol. The first-order chi connectivity index (χ1) is 12.0. The third kappa shape index (κ3) is 2.81. The molecule has 0 saturated carbocycles. The molecule has 2 aliphatic carbocycles. The molecule has 0 saturated heterocycles. The molecule has 132 valence electrons. The standard InChI is InChI=1S/C20H26N4O/c1-13(16-11-21-23(2)12-16)24(3)20(25)22-18-10-15-8-4-6-14-7-5-9-17(18)19(14)15/h5,7,9,11-13,15,18H,4,6,8,10H2,1-3H3,(H,22,25)/t13-,15+,18-/m1/s1. The molecule has 1 aromatic heterocycles. The monoisotopic (exact) mass is 338 g/mol. The number of rotatable bonds is 3. The lowest BCUT2D eigenvalue weighted by Gasteiger charge is -2.26. The summed E-state index contributed by atoms with van der Waals surface area (Å²) in [7, 11) is 3.75. The van der Waals surface area contributed by atoms with Crippen LogP contribution in [0.15, 0.2) is 30.6 Å². The van der Waals surface area contributed by atoms with Crippen molar-refractivity contribution in [1.82, 2.24) is 20.0 Å². The second-order valence-corrected chi connectivity index (χ2v) is 7.48. The number of hydrogen-bond donors (Lipinski definition) is 1. The van der Waals surface area contributed by atoms with Crippen molar-refractivity contribution in [3.63, 3.8) is 0 Å². The highest BCUT2D eigenvalue weighted by molar-refractivity contribution is 5.75. The van der Waals surface area contributed by atoms with Crippen LogP contribution in [-0.4, -0.2) is 27.8 Å². The van der Waals surface area contributed by atoms with Gasteiger partial charge in [-0.3, -0.25) is 4.68 Å². The Morgan fingerprint density at radius 1 is 1.44 bits per heavy atom. The first kappa shape index (κ1) is 16.2. The van der Waals surface area contributed by atoms with Crippen LogP contribution in [0.5, 0.6) is 0 Å². The van der Waals surface area contributed by atoms with Crippen LogP contribution in [0, 0.1) is 0 Å². The fourth-order valence-electron chi connectivity index (χ4n) is 4.43. The van der Waals surface area contributed by atoms with Crippen molar-refractivity contribution in [1.29, 1.82) is 0 Å². The second kappa shape index (κ2) is 6.21. The highest BCUT2D eigenvalue weighted by atomic mass is 16.2. The average Bonchev–Trinajstić information content (AvgIpc) is 3.20. The Bertz CT molecular complexity index is 797. The van der Waals surface area contributed by atoms with Gasteiger partial charge in [0.2, 0.25) is 0 Å². The largest absolute Gasteiger partial charge is 0.331 e. The lowest BCUT2D eigenvalue weighted by molar-refractivity contribution is 0.190. The summed E-state index contributed by atoms with van der Waals surface area (Å²) in [5, 5.41) is 7.48. The van der Waals surface area contributed by atoms with E-state index in [2.05, 4.69) is 28.6 Å². The summed E-state index contributed by atoms with van der Waals surface area (Å²) < 4.78 is 1.77. The Labute approximate surface area is 149 Å². The molecular weight excluding hydrogens is 312 g/mol. The predicted octanol–water partition coefficient (Wildman–Crippen LogP) is 3.69. The maximum absolute atomic E-state index is 12.8. The van der Waals surface area contributed by atoms with Crippen molar-refractivity contribution >= 4 is 6.03 Å². The molecule has 1 heterocycles. The second-order valence-electron chi connectivity index (χ2n) is 7.48. The zero-order valence-electron chi connectivity index (χ0n) is 15.2. The van der Waals surface area contributed by atoms with Crippen molar-refractivity contribution < 1.29 is 4.79 Å². The van der Waals surface area contributed by atoms with Crippen LogP contribution in [0.25, 0.3) is 0 Å². The van der Waals surface area contributed by atoms with Gasteiger partial charge in [0.25, 0.3) is 0 Å². The summed E-state index contributed by atoms with van der Waals surface area (Å²) in [6.45, 7) is 2.04. The van der Waals surface area contributed by atoms with Crippen LogP contribution in [-0.2, 0) is 13.5 Å². The number of benzene rings is 1. The highest BCUT2D eigenvalue weighted by Crippen LogP contribution is 2.47. The van der Waals surface area contributed by atoms with Crippen molar-refractivity contribution in [2.75, 3.05) is 7.05 Å². The number of carbonyl (C=O) groups is 1. The number of aryl methyl sites for hydroxylation is 2. The Hall–Kier alpha value is -2.30. The molecule has 0 radical (unpaired) electrons. The number of aromatic nitrogens is 2. The molecule has 3 atom stereocenters. The molecule has 1 aromatic carbocycles. The molecule has 0 aliphatic heterocycles. The van der Waals surface area contributed by atoms with Gasteiger partial charge in [-0.25, -0.2) is 4.79 Å². The summed E-state index contributed by atoms with van der Waals surface area (Å²) in [5.41, 5.74) is 5.38. The minimum atomic E-state index is -0.0161. The molecule has 4 rings (SSSR count). The number of urea groups is 1. The van der Waals surface area contributed by atoms with E-state index >= 15 is 0 Å². The van der Waals surface area contributed by atoms with E-state index in [4.69, 9.17) is 0 Å². The zero-order chi connectivity index (χ0) is 17.6. The summed E-state index contributed by atoms with van der Waals surface area (Å²) in [5.74, 6) is 0.617. The number of hydrogen-bond acceptors (Lipinski definition) is 2. The van der Waals surface area contributed by atoms with Gasteiger partial charge >= 0.3 is 6.03 Å². The Morgan fingerprint density at radius 3 is 3.04 bits per heavy atom. The maximum Gasteiger partial charge on any atom is 0.318 e. The van der Waals surface area contributed by atoms with Crippen LogP contribution < -0.4 is 5.32 Å². The fraction of sp³-hybridized carbons (Fsp3) is 0.500. The summed E-state index contributed by atoms with van der Waals surface area (Å²) in [6.07, 6.45) is 8.51. The molecule has 2 aromatic rings. The number of nitrogens with zero attached hydrogens (tertiary/aromatic N) is 3. The Kier molecular flexibility index (Phi) is 4.02. The van der Waals surface area contributed by atoms with Gasteiger partial charge in [0.15, 0.2) is 0 Å². The van der Waals surface area contributed by atoms with E-state index in [1.165, 1.54) is 36.0 Å². The van der Waals surface area contributed by atoms with Crippen molar-refractivity contribution in [3.8, 4) is 0 Å². The highest BCUT2D eigenvalue weighted by Gasteiger charge is 2.35. The molecule has 25 heavy (non-hydrogen) atoms. The Balaban J connectivity index is 1.50. The van der Waals surface area contributed by atoms with Gasteiger partial charge in [-0.05, 0) is 55.2 Å². The summed E-state index contributed by atoms with van der Waals surface area (Å²) in [6, 6.07) is 6.70. The first-order valence-corrected chi connectivity index (χ1v) is 9.18. The van der Waals surface area contributed by atoms with E-state index in [1.807, 2.05) is 33.4 Å². The smallest absolute Gasteiger partial charge is 0.318 e. The summed E-state index contributed by atoms with van der Waals surface area (Å²) >= 11 is 0. The fourth-order valence-corrected chi connectivity index (χ4v) is 4.43. The van der Waals surface area contributed by atoms with E-state index in [1.54, 1.807) is 9.58 Å². The minimum Gasteiger partial charge on any atom is -0.331 e. The maximum atomic E-state index is 12.8.